The number of hydrogen-bond donors (Lipinski definition) is 2. The van der Waals surface area contributed by atoms with Crippen molar-refractivity contribution in [1.29, 1.82) is 0 Å². The highest BCUT2D eigenvalue weighted by molar-refractivity contribution is 5.96. The molecular formula is C16H22N4O. The van der Waals surface area contributed by atoms with Crippen molar-refractivity contribution in [2.24, 2.45) is 11.7 Å². The van der Waals surface area contributed by atoms with E-state index in [1.54, 1.807) is 18.5 Å². The molecule has 1 aliphatic rings. The van der Waals surface area contributed by atoms with Crippen LogP contribution in [0.2, 0.25) is 0 Å². The van der Waals surface area contributed by atoms with E-state index >= 15 is 0 Å². The Morgan fingerprint density at radius 1 is 1.62 bits per heavy atom. The molecule has 0 bridgehead atoms. The van der Waals surface area contributed by atoms with E-state index in [1.807, 2.05) is 0 Å². The van der Waals surface area contributed by atoms with Crippen molar-refractivity contribution in [3.63, 3.8) is 0 Å². The van der Waals surface area contributed by atoms with E-state index in [-0.39, 0.29) is 18.5 Å². The third-order valence-corrected chi connectivity index (χ3v) is 3.82. The number of hydrogen-bond acceptors (Lipinski definition) is 4. The predicted molar refractivity (Wildman–Crippen MR) is 82.7 cm³/mol. The average molecular weight is 286 g/mol. The van der Waals surface area contributed by atoms with Crippen molar-refractivity contribution in [3.8, 4) is 11.8 Å². The molecule has 1 aliphatic heterocycles. The van der Waals surface area contributed by atoms with Crippen molar-refractivity contribution in [2.75, 3.05) is 26.7 Å². The minimum atomic E-state index is -0.0832. The van der Waals surface area contributed by atoms with E-state index in [9.17, 15) is 4.79 Å². The number of nitrogens with one attached hydrogen (secondary N) is 1. The molecule has 5 heteroatoms. The quantitative estimate of drug-likeness (QED) is 0.775. The lowest BCUT2D eigenvalue weighted by atomic mass is 9.94. The summed E-state index contributed by atoms with van der Waals surface area (Å²) in [6.07, 6.45) is 4.19. The molecular weight excluding hydrogens is 264 g/mol. The summed E-state index contributed by atoms with van der Waals surface area (Å²) in [7, 11) is 2.11. The first-order valence-corrected chi connectivity index (χ1v) is 7.24. The van der Waals surface area contributed by atoms with Gasteiger partial charge in [-0.1, -0.05) is 18.8 Å². The van der Waals surface area contributed by atoms with Crippen LogP contribution in [0.5, 0.6) is 0 Å². The molecule has 1 amide bonds. The SMILES string of the molecule is CC1CN(C)CCC1NC(=O)c1ccncc1C#CCN. The fraction of sp³-hybridized carbons (Fsp3) is 0.500. The van der Waals surface area contributed by atoms with Gasteiger partial charge in [0, 0.05) is 25.0 Å². The van der Waals surface area contributed by atoms with Crippen LogP contribution >= 0.6 is 0 Å². The lowest BCUT2D eigenvalue weighted by Crippen LogP contribution is -2.49. The molecule has 2 unspecified atom stereocenters. The topological polar surface area (TPSA) is 71.2 Å². The predicted octanol–water partition coefficient (Wildman–Crippen LogP) is 0.462. The lowest BCUT2D eigenvalue weighted by Gasteiger charge is -2.35. The first-order valence-electron chi connectivity index (χ1n) is 7.24. The normalized spacial score (nSPS) is 22.2. The molecule has 0 aliphatic carbocycles. The number of carbonyl (C=O) groups excluding carboxylic acids is 1. The van der Waals surface area contributed by atoms with E-state index in [2.05, 4.69) is 41.0 Å². The summed E-state index contributed by atoms with van der Waals surface area (Å²) < 4.78 is 0. The Morgan fingerprint density at radius 2 is 2.43 bits per heavy atom. The largest absolute Gasteiger partial charge is 0.349 e. The molecule has 3 N–H and O–H groups in total. The van der Waals surface area contributed by atoms with Crippen LogP contribution in [0.4, 0.5) is 0 Å². The molecule has 0 aromatic carbocycles. The number of likely N-dealkylation sites (tertiary alicyclic amines) is 1. The van der Waals surface area contributed by atoms with Crippen LogP contribution in [0.25, 0.3) is 0 Å². The van der Waals surface area contributed by atoms with Gasteiger partial charge in [-0.25, -0.2) is 0 Å². The Kier molecular flexibility index (Phi) is 5.32. The van der Waals surface area contributed by atoms with Gasteiger partial charge in [-0.3, -0.25) is 9.78 Å². The monoisotopic (exact) mass is 286 g/mol. The van der Waals surface area contributed by atoms with Crippen LogP contribution in [-0.4, -0.2) is 48.5 Å². The molecule has 0 saturated carbocycles. The minimum Gasteiger partial charge on any atom is -0.349 e. The van der Waals surface area contributed by atoms with Crippen LogP contribution in [-0.2, 0) is 0 Å². The average Bonchev–Trinajstić information content (AvgIpc) is 2.48. The Balaban J connectivity index is 2.10. The summed E-state index contributed by atoms with van der Waals surface area (Å²) in [5.41, 5.74) is 6.58. The van der Waals surface area contributed by atoms with E-state index in [0.717, 1.165) is 19.5 Å². The van der Waals surface area contributed by atoms with Gasteiger partial charge in [0.15, 0.2) is 0 Å². The van der Waals surface area contributed by atoms with Crippen LogP contribution < -0.4 is 11.1 Å². The molecule has 2 rings (SSSR count). The molecule has 1 saturated heterocycles. The highest BCUT2D eigenvalue weighted by atomic mass is 16.1. The summed E-state index contributed by atoms with van der Waals surface area (Å²) in [6.45, 7) is 4.44. The van der Waals surface area contributed by atoms with Crippen molar-refractivity contribution in [1.82, 2.24) is 15.2 Å². The smallest absolute Gasteiger partial charge is 0.252 e. The second kappa shape index (κ2) is 7.21. The summed E-state index contributed by atoms with van der Waals surface area (Å²) in [6, 6.07) is 1.91. The second-order valence-electron chi connectivity index (χ2n) is 5.54. The van der Waals surface area contributed by atoms with Crippen molar-refractivity contribution in [2.45, 2.75) is 19.4 Å². The number of pyridine rings is 1. The van der Waals surface area contributed by atoms with Gasteiger partial charge in [-0.2, -0.15) is 0 Å². The molecule has 2 heterocycles. The molecule has 1 fully saturated rings. The maximum atomic E-state index is 12.5. The Hall–Kier alpha value is -1.90. The van der Waals surface area contributed by atoms with E-state index in [0.29, 0.717) is 17.0 Å². The number of piperidine rings is 1. The fourth-order valence-corrected chi connectivity index (χ4v) is 2.65. The Bertz CT molecular complexity index is 561. The molecule has 112 valence electrons. The number of nitrogens with zero attached hydrogens (tertiary/aromatic N) is 2. The highest BCUT2D eigenvalue weighted by Gasteiger charge is 2.26. The second-order valence-corrected chi connectivity index (χ2v) is 5.54. The van der Waals surface area contributed by atoms with Gasteiger partial charge in [0.2, 0.25) is 0 Å². The maximum absolute atomic E-state index is 12.5. The van der Waals surface area contributed by atoms with Gasteiger partial charge in [0.25, 0.3) is 5.91 Å². The molecule has 1 aromatic rings. The van der Waals surface area contributed by atoms with Gasteiger partial charge in [-0.05, 0) is 32.0 Å². The van der Waals surface area contributed by atoms with Crippen LogP contribution in [0.1, 0.15) is 29.3 Å². The third kappa shape index (κ3) is 4.03. The molecule has 2 atom stereocenters. The molecule has 0 spiro atoms. The van der Waals surface area contributed by atoms with Crippen LogP contribution in [0.3, 0.4) is 0 Å². The van der Waals surface area contributed by atoms with Crippen molar-refractivity contribution in [3.05, 3.63) is 29.6 Å². The van der Waals surface area contributed by atoms with Gasteiger partial charge in [-0.15, -0.1) is 0 Å². The number of aromatic nitrogens is 1. The third-order valence-electron chi connectivity index (χ3n) is 3.82. The molecule has 21 heavy (non-hydrogen) atoms. The Labute approximate surface area is 125 Å². The number of amides is 1. The molecule has 1 aromatic heterocycles. The minimum absolute atomic E-state index is 0.0832. The van der Waals surface area contributed by atoms with Gasteiger partial charge in [0.1, 0.15) is 0 Å². The summed E-state index contributed by atoms with van der Waals surface area (Å²) >= 11 is 0. The maximum Gasteiger partial charge on any atom is 0.252 e. The number of nitrogens with two attached hydrogens (primary N) is 1. The highest BCUT2D eigenvalue weighted by Crippen LogP contribution is 2.16. The Morgan fingerprint density at radius 3 is 3.14 bits per heavy atom. The molecule has 5 nitrogen and oxygen atoms in total. The van der Waals surface area contributed by atoms with Crippen LogP contribution in [0.15, 0.2) is 18.5 Å². The first-order chi connectivity index (χ1) is 10.1. The number of rotatable bonds is 2. The number of carbonyl (C=O) groups is 1. The van der Waals surface area contributed by atoms with E-state index in [4.69, 9.17) is 5.73 Å². The van der Waals surface area contributed by atoms with Crippen molar-refractivity contribution < 1.29 is 4.79 Å². The fourth-order valence-electron chi connectivity index (χ4n) is 2.65. The van der Waals surface area contributed by atoms with E-state index < -0.39 is 0 Å². The lowest BCUT2D eigenvalue weighted by molar-refractivity contribution is 0.0883. The zero-order valence-electron chi connectivity index (χ0n) is 12.6. The van der Waals surface area contributed by atoms with Crippen LogP contribution in [0, 0.1) is 17.8 Å². The zero-order valence-corrected chi connectivity index (χ0v) is 12.6. The zero-order chi connectivity index (χ0) is 15.2. The van der Waals surface area contributed by atoms with E-state index in [1.165, 1.54) is 0 Å². The van der Waals surface area contributed by atoms with Gasteiger partial charge >= 0.3 is 0 Å². The standard InChI is InChI=1S/C16H22N4O/c1-12-11-20(2)9-6-15(12)19-16(21)14-5-8-18-10-13(14)4-3-7-17/h5,8,10,12,15H,6-7,9,11,17H2,1-2H3,(H,19,21). The van der Waals surface area contributed by atoms with Gasteiger partial charge < -0.3 is 16.0 Å². The summed E-state index contributed by atoms with van der Waals surface area (Å²) in [4.78, 5) is 18.8. The molecule has 0 radical (unpaired) electrons. The summed E-state index contributed by atoms with van der Waals surface area (Å²) in [5, 5.41) is 3.13. The van der Waals surface area contributed by atoms with Gasteiger partial charge in [0.05, 0.1) is 17.7 Å². The van der Waals surface area contributed by atoms with Crippen molar-refractivity contribution >= 4 is 5.91 Å². The first kappa shape index (κ1) is 15.5. The summed E-state index contributed by atoms with van der Waals surface area (Å²) in [5.74, 6) is 6.03.